The van der Waals surface area contributed by atoms with Gasteiger partial charge in [-0.3, -0.25) is 4.79 Å². The lowest BCUT2D eigenvalue weighted by atomic mass is 9.99. The van der Waals surface area contributed by atoms with Crippen LogP contribution in [0.3, 0.4) is 0 Å². The molecule has 0 radical (unpaired) electrons. The van der Waals surface area contributed by atoms with Crippen molar-refractivity contribution in [2.75, 3.05) is 6.26 Å². The molecule has 0 spiro atoms. The molecule has 0 aliphatic rings. The predicted octanol–water partition coefficient (Wildman–Crippen LogP) is 2.73. The Bertz CT molecular complexity index is 609. The van der Waals surface area contributed by atoms with E-state index in [-0.39, 0.29) is 4.47 Å². The molecular formula is C11H11BrF2O3S. The van der Waals surface area contributed by atoms with Gasteiger partial charge in [-0.15, -0.1) is 0 Å². The first-order valence-corrected chi connectivity index (χ1v) is 7.56. The normalized spacial score (nSPS) is 12.6. The summed E-state index contributed by atoms with van der Waals surface area (Å²) in [5.74, 6) is -3.30. The lowest BCUT2D eigenvalue weighted by Crippen LogP contribution is -2.40. The molecule has 0 aliphatic carbocycles. The van der Waals surface area contributed by atoms with Gasteiger partial charge in [-0.25, -0.2) is 17.2 Å². The Hall–Kier alpha value is -0.820. The van der Waals surface area contributed by atoms with Crippen molar-refractivity contribution in [1.82, 2.24) is 0 Å². The molecule has 1 aromatic rings. The first-order valence-electron chi connectivity index (χ1n) is 4.88. The summed E-state index contributed by atoms with van der Waals surface area (Å²) in [7, 11) is -3.79. The summed E-state index contributed by atoms with van der Waals surface area (Å²) >= 11 is 2.82. The van der Waals surface area contributed by atoms with Crippen LogP contribution in [-0.2, 0) is 9.84 Å². The molecule has 0 N–H and O–H groups in total. The van der Waals surface area contributed by atoms with E-state index in [9.17, 15) is 22.0 Å². The van der Waals surface area contributed by atoms with E-state index < -0.39 is 37.6 Å². The lowest BCUT2D eigenvalue weighted by Gasteiger charge is -2.21. The van der Waals surface area contributed by atoms with Crippen LogP contribution in [0, 0.1) is 11.6 Å². The van der Waals surface area contributed by atoms with Gasteiger partial charge in [0.05, 0.1) is 10.0 Å². The molecular weight excluding hydrogens is 330 g/mol. The summed E-state index contributed by atoms with van der Waals surface area (Å²) in [6.45, 7) is 2.23. The Morgan fingerprint density at radius 1 is 1.28 bits per heavy atom. The van der Waals surface area contributed by atoms with E-state index >= 15 is 0 Å². The number of benzene rings is 1. The van der Waals surface area contributed by atoms with Gasteiger partial charge in [0.2, 0.25) is 0 Å². The maximum absolute atomic E-state index is 13.7. The average Bonchev–Trinajstić information content (AvgIpc) is 2.22. The fraction of sp³-hybridized carbons (Fsp3) is 0.364. The minimum Gasteiger partial charge on any atom is -0.292 e. The Labute approximate surface area is 112 Å². The summed E-state index contributed by atoms with van der Waals surface area (Å²) in [6, 6.07) is 2.01. The van der Waals surface area contributed by atoms with Crippen molar-refractivity contribution in [3.63, 3.8) is 0 Å². The van der Waals surface area contributed by atoms with Gasteiger partial charge in [0, 0.05) is 6.26 Å². The highest BCUT2D eigenvalue weighted by atomic mass is 79.9. The van der Waals surface area contributed by atoms with Gasteiger partial charge < -0.3 is 0 Å². The van der Waals surface area contributed by atoms with Gasteiger partial charge in [-0.2, -0.15) is 0 Å². The van der Waals surface area contributed by atoms with Gasteiger partial charge >= 0.3 is 0 Å². The maximum atomic E-state index is 13.7. The quantitative estimate of drug-likeness (QED) is 0.628. The molecule has 100 valence electrons. The molecule has 0 atom stereocenters. The van der Waals surface area contributed by atoms with Gasteiger partial charge in [-0.05, 0) is 41.9 Å². The zero-order valence-electron chi connectivity index (χ0n) is 9.92. The van der Waals surface area contributed by atoms with Gasteiger partial charge in [0.15, 0.2) is 21.4 Å². The number of halogens is 3. The number of carbonyl (C=O) groups excluding carboxylic acids is 1. The number of sulfone groups is 1. The number of hydrogen-bond acceptors (Lipinski definition) is 3. The Morgan fingerprint density at radius 3 is 2.22 bits per heavy atom. The molecule has 0 amide bonds. The van der Waals surface area contributed by atoms with Gasteiger partial charge in [0.25, 0.3) is 0 Å². The topological polar surface area (TPSA) is 51.2 Å². The summed E-state index contributed by atoms with van der Waals surface area (Å²) < 4.78 is 48.3. The summed E-state index contributed by atoms with van der Waals surface area (Å²) in [5.41, 5.74) is -0.847. The zero-order chi connectivity index (χ0) is 14.3. The summed E-state index contributed by atoms with van der Waals surface area (Å²) in [4.78, 5) is 12.0. The maximum Gasteiger partial charge on any atom is 0.189 e. The van der Waals surface area contributed by atoms with Crippen molar-refractivity contribution in [2.45, 2.75) is 18.6 Å². The highest BCUT2D eigenvalue weighted by Gasteiger charge is 2.41. The molecule has 0 unspecified atom stereocenters. The number of Topliss-reactive ketones (excluding diaryl/α,β-unsaturated/α-hetero) is 1. The molecule has 18 heavy (non-hydrogen) atoms. The highest BCUT2D eigenvalue weighted by molar-refractivity contribution is 9.10. The first-order chi connectivity index (χ1) is 8.00. The second kappa shape index (κ2) is 4.70. The minimum absolute atomic E-state index is 0.100. The molecule has 0 fully saturated rings. The van der Waals surface area contributed by atoms with Crippen LogP contribution in [0.25, 0.3) is 0 Å². The highest BCUT2D eigenvalue weighted by Crippen LogP contribution is 2.28. The van der Waals surface area contributed by atoms with E-state index in [1.165, 1.54) is 0 Å². The Kier molecular flexibility index (Phi) is 3.97. The SMILES string of the molecule is CC(C)(C(=O)c1c(F)ccc(Br)c1F)S(C)(=O)=O. The average molecular weight is 341 g/mol. The van der Waals surface area contributed by atoms with E-state index in [1.807, 2.05) is 0 Å². The third-order valence-electron chi connectivity index (χ3n) is 2.74. The van der Waals surface area contributed by atoms with Crippen molar-refractivity contribution in [3.05, 3.63) is 33.8 Å². The van der Waals surface area contributed by atoms with E-state index in [0.29, 0.717) is 0 Å². The van der Waals surface area contributed by atoms with Crippen LogP contribution in [0.4, 0.5) is 8.78 Å². The predicted molar refractivity (Wildman–Crippen MR) is 67.3 cm³/mol. The lowest BCUT2D eigenvalue weighted by molar-refractivity contribution is 0.0945. The van der Waals surface area contributed by atoms with Crippen LogP contribution in [-0.4, -0.2) is 25.2 Å². The largest absolute Gasteiger partial charge is 0.292 e. The first kappa shape index (κ1) is 15.2. The monoisotopic (exact) mass is 340 g/mol. The van der Waals surface area contributed by atoms with Crippen molar-refractivity contribution < 1.29 is 22.0 Å². The minimum atomic E-state index is -3.79. The van der Waals surface area contributed by atoms with Crippen molar-refractivity contribution in [3.8, 4) is 0 Å². The third-order valence-corrected chi connectivity index (χ3v) is 5.40. The van der Waals surface area contributed by atoms with E-state index in [4.69, 9.17) is 0 Å². The Balaban J connectivity index is 3.51. The van der Waals surface area contributed by atoms with Gasteiger partial charge in [-0.1, -0.05) is 0 Å². The van der Waals surface area contributed by atoms with Crippen molar-refractivity contribution in [1.29, 1.82) is 0 Å². The molecule has 0 bridgehead atoms. The van der Waals surface area contributed by atoms with Crippen molar-refractivity contribution >= 4 is 31.6 Å². The van der Waals surface area contributed by atoms with Crippen LogP contribution < -0.4 is 0 Å². The molecule has 0 saturated heterocycles. The number of rotatable bonds is 3. The number of ketones is 1. The third kappa shape index (κ3) is 2.47. The fourth-order valence-corrected chi connectivity index (χ4v) is 1.97. The molecule has 1 aromatic carbocycles. The standard InChI is InChI=1S/C11H11BrF2O3S/c1-11(2,18(3,16)17)10(15)8-7(13)5-4-6(12)9(8)14/h4-5H,1-3H3. The molecule has 3 nitrogen and oxygen atoms in total. The molecule has 1 rings (SSSR count). The summed E-state index contributed by atoms with van der Waals surface area (Å²) in [5, 5.41) is 0. The van der Waals surface area contributed by atoms with Gasteiger partial charge in [0.1, 0.15) is 10.6 Å². The fourth-order valence-electron chi connectivity index (χ4n) is 1.20. The van der Waals surface area contributed by atoms with Crippen LogP contribution >= 0.6 is 15.9 Å². The van der Waals surface area contributed by atoms with E-state index in [0.717, 1.165) is 32.2 Å². The summed E-state index contributed by atoms with van der Waals surface area (Å²) in [6.07, 6.45) is 0.846. The second-order valence-electron chi connectivity index (χ2n) is 4.33. The number of carbonyl (C=O) groups is 1. The number of hydrogen-bond donors (Lipinski definition) is 0. The molecule has 0 aromatic heterocycles. The van der Waals surface area contributed by atoms with Crippen LogP contribution in [0.5, 0.6) is 0 Å². The van der Waals surface area contributed by atoms with Crippen LogP contribution in [0.1, 0.15) is 24.2 Å². The zero-order valence-corrected chi connectivity index (χ0v) is 12.3. The second-order valence-corrected chi connectivity index (χ2v) is 7.75. The van der Waals surface area contributed by atoms with Crippen LogP contribution in [0.15, 0.2) is 16.6 Å². The van der Waals surface area contributed by atoms with Crippen LogP contribution in [0.2, 0.25) is 0 Å². The van der Waals surface area contributed by atoms with E-state index in [2.05, 4.69) is 15.9 Å². The Morgan fingerprint density at radius 2 is 1.78 bits per heavy atom. The molecule has 0 heterocycles. The van der Waals surface area contributed by atoms with Crippen molar-refractivity contribution in [2.24, 2.45) is 0 Å². The smallest absolute Gasteiger partial charge is 0.189 e. The molecule has 7 heteroatoms. The molecule has 0 aliphatic heterocycles. The molecule has 0 saturated carbocycles. The van der Waals surface area contributed by atoms with E-state index in [1.54, 1.807) is 0 Å².